The van der Waals surface area contributed by atoms with E-state index in [0.29, 0.717) is 0 Å². The van der Waals surface area contributed by atoms with Crippen LogP contribution in [-0.2, 0) is 6.18 Å². The van der Waals surface area contributed by atoms with Crippen LogP contribution in [0.3, 0.4) is 0 Å². The summed E-state index contributed by atoms with van der Waals surface area (Å²) in [6, 6.07) is 1.83. The highest BCUT2D eigenvalue weighted by Crippen LogP contribution is 2.34. The van der Waals surface area contributed by atoms with Gasteiger partial charge < -0.3 is 15.7 Å². The maximum atomic E-state index is 12.6. The summed E-state index contributed by atoms with van der Waals surface area (Å²) in [5.74, 6) is -0.401. The van der Waals surface area contributed by atoms with E-state index in [0.717, 1.165) is 50.3 Å². The number of anilines is 1. The fourth-order valence-electron chi connectivity index (χ4n) is 2.40. The third-order valence-electron chi connectivity index (χ3n) is 3.51. The number of alkyl halides is 3. The van der Waals surface area contributed by atoms with Gasteiger partial charge in [-0.05, 0) is 31.0 Å². The predicted molar refractivity (Wildman–Crippen MR) is 72.1 cm³/mol. The summed E-state index contributed by atoms with van der Waals surface area (Å²) in [5.41, 5.74) is -1.17. The van der Waals surface area contributed by atoms with Crippen LogP contribution >= 0.6 is 0 Å². The molecule has 7 heteroatoms. The Morgan fingerprint density at radius 2 is 1.86 bits per heavy atom. The minimum absolute atomic E-state index is 0.0340. The van der Waals surface area contributed by atoms with Crippen LogP contribution in [0.1, 0.15) is 37.7 Å². The summed E-state index contributed by atoms with van der Waals surface area (Å²) < 4.78 is 37.8. The van der Waals surface area contributed by atoms with Gasteiger partial charge in [0, 0.05) is 6.04 Å². The second-order valence-electron chi connectivity index (χ2n) is 5.16. The van der Waals surface area contributed by atoms with Crippen molar-refractivity contribution in [2.24, 2.45) is 0 Å². The Morgan fingerprint density at radius 3 is 2.48 bits per heavy atom. The topological polar surface area (TPSA) is 61.4 Å². The maximum Gasteiger partial charge on any atom is 0.416 e. The molecule has 116 valence electrons. The van der Waals surface area contributed by atoms with E-state index >= 15 is 0 Å². The molecule has 0 saturated heterocycles. The van der Waals surface area contributed by atoms with E-state index < -0.39 is 23.5 Å². The van der Waals surface area contributed by atoms with E-state index in [1.807, 2.05) is 0 Å². The van der Waals surface area contributed by atoms with Crippen LogP contribution in [0.4, 0.5) is 23.7 Å². The quantitative estimate of drug-likeness (QED) is 0.726. The highest BCUT2D eigenvalue weighted by Gasteiger charge is 2.31. The van der Waals surface area contributed by atoms with Gasteiger partial charge in [-0.3, -0.25) is 0 Å². The van der Waals surface area contributed by atoms with Crippen molar-refractivity contribution in [3.05, 3.63) is 23.8 Å². The average Bonchev–Trinajstić information content (AvgIpc) is 2.41. The minimum atomic E-state index is -4.52. The third kappa shape index (κ3) is 4.27. The number of phenols is 1. The molecular formula is C14H17F3N2O2. The molecule has 1 saturated carbocycles. The first-order valence-corrected chi connectivity index (χ1v) is 6.84. The number of amides is 2. The molecule has 0 radical (unpaired) electrons. The normalized spacial score (nSPS) is 16.5. The second kappa shape index (κ2) is 6.24. The van der Waals surface area contributed by atoms with Gasteiger partial charge in [0.25, 0.3) is 0 Å². The first-order valence-electron chi connectivity index (χ1n) is 6.84. The van der Waals surface area contributed by atoms with Gasteiger partial charge in [0.15, 0.2) is 0 Å². The summed E-state index contributed by atoms with van der Waals surface area (Å²) in [7, 11) is 0. The smallest absolute Gasteiger partial charge is 0.416 e. The summed E-state index contributed by atoms with van der Waals surface area (Å²) in [6.07, 6.45) is 0.391. The molecule has 0 spiro atoms. The number of aromatic hydroxyl groups is 1. The molecule has 0 aromatic heterocycles. The number of carbonyl (C=O) groups is 1. The number of phenolic OH excluding ortho intramolecular Hbond substituents is 1. The standard InChI is InChI=1S/C14H17F3N2O2/c15-14(16,17)9-6-7-12(20)11(8-9)19-13(21)18-10-4-2-1-3-5-10/h6-8,10,20H,1-5H2,(H2,18,19,21). The SMILES string of the molecule is O=C(Nc1cc(C(F)(F)F)ccc1O)NC1CCCCC1. The van der Waals surface area contributed by atoms with Crippen molar-refractivity contribution in [1.82, 2.24) is 5.32 Å². The molecule has 2 rings (SSSR count). The Balaban J connectivity index is 2.02. The van der Waals surface area contributed by atoms with Gasteiger partial charge in [0.2, 0.25) is 0 Å². The van der Waals surface area contributed by atoms with Crippen LogP contribution in [0.15, 0.2) is 18.2 Å². The first-order chi connectivity index (χ1) is 9.86. The zero-order chi connectivity index (χ0) is 15.5. The Morgan fingerprint density at radius 1 is 1.19 bits per heavy atom. The monoisotopic (exact) mass is 302 g/mol. The lowest BCUT2D eigenvalue weighted by molar-refractivity contribution is -0.137. The van der Waals surface area contributed by atoms with Gasteiger partial charge in [-0.2, -0.15) is 13.2 Å². The molecule has 0 atom stereocenters. The molecule has 3 N–H and O–H groups in total. The number of urea groups is 1. The number of nitrogens with one attached hydrogen (secondary N) is 2. The lowest BCUT2D eigenvalue weighted by atomic mass is 9.96. The molecular weight excluding hydrogens is 285 g/mol. The van der Waals surface area contributed by atoms with Crippen molar-refractivity contribution < 1.29 is 23.1 Å². The van der Waals surface area contributed by atoms with Crippen molar-refractivity contribution >= 4 is 11.7 Å². The van der Waals surface area contributed by atoms with E-state index in [-0.39, 0.29) is 11.7 Å². The van der Waals surface area contributed by atoms with Gasteiger partial charge >= 0.3 is 12.2 Å². The van der Waals surface area contributed by atoms with Crippen molar-refractivity contribution in [3.8, 4) is 5.75 Å². The number of hydrogen-bond donors (Lipinski definition) is 3. The van der Waals surface area contributed by atoms with Gasteiger partial charge in [0.1, 0.15) is 5.75 Å². The second-order valence-corrected chi connectivity index (χ2v) is 5.16. The molecule has 1 aliphatic rings. The Kier molecular flexibility index (Phi) is 4.59. The molecule has 1 aromatic carbocycles. The van der Waals surface area contributed by atoms with Gasteiger partial charge in [-0.1, -0.05) is 19.3 Å². The van der Waals surface area contributed by atoms with Gasteiger partial charge in [0.05, 0.1) is 11.3 Å². The summed E-state index contributed by atoms with van der Waals surface area (Å²) in [5, 5.41) is 14.5. The highest BCUT2D eigenvalue weighted by atomic mass is 19.4. The minimum Gasteiger partial charge on any atom is -0.506 e. The molecule has 0 aliphatic heterocycles. The lowest BCUT2D eigenvalue weighted by Gasteiger charge is -2.23. The van der Waals surface area contributed by atoms with E-state index in [9.17, 15) is 23.1 Å². The lowest BCUT2D eigenvalue weighted by Crippen LogP contribution is -2.39. The molecule has 0 bridgehead atoms. The predicted octanol–water partition coefficient (Wildman–Crippen LogP) is 3.87. The summed E-state index contributed by atoms with van der Waals surface area (Å²) in [4.78, 5) is 11.8. The number of rotatable bonds is 2. The Bertz CT molecular complexity index is 511. The van der Waals surface area contributed by atoms with Crippen molar-refractivity contribution in [1.29, 1.82) is 0 Å². The molecule has 2 amide bonds. The van der Waals surface area contributed by atoms with Crippen LogP contribution in [0.25, 0.3) is 0 Å². The van der Waals surface area contributed by atoms with Crippen molar-refractivity contribution in [2.75, 3.05) is 5.32 Å². The average molecular weight is 302 g/mol. The van der Waals surface area contributed by atoms with Crippen molar-refractivity contribution in [3.63, 3.8) is 0 Å². The molecule has 1 aliphatic carbocycles. The van der Waals surface area contributed by atoms with Crippen LogP contribution in [-0.4, -0.2) is 17.2 Å². The molecule has 21 heavy (non-hydrogen) atoms. The Labute approximate surface area is 120 Å². The fraction of sp³-hybridized carbons (Fsp3) is 0.500. The van der Waals surface area contributed by atoms with Gasteiger partial charge in [-0.25, -0.2) is 4.79 Å². The number of halogens is 3. The van der Waals surface area contributed by atoms with E-state index in [1.54, 1.807) is 0 Å². The molecule has 0 heterocycles. The van der Waals surface area contributed by atoms with Crippen LogP contribution in [0, 0.1) is 0 Å². The van der Waals surface area contributed by atoms with Crippen LogP contribution < -0.4 is 10.6 Å². The molecule has 1 fully saturated rings. The van der Waals surface area contributed by atoms with E-state index in [1.165, 1.54) is 0 Å². The zero-order valence-corrected chi connectivity index (χ0v) is 11.3. The zero-order valence-electron chi connectivity index (χ0n) is 11.3. The van der Waals surface area contributed by atoms with E-state index in [2.05, 4.69) is 10.6 Å². The maximum absolute atomic E-state index is 12.6. The molecule has 0 unspecified atom stereocenters. The van der Waals surface area contributed by atoms with Crippen molar-refractivity contribution in [2.45, 2.75) is 44.3 Å². The fourth-order valence-corrected chi connectivity index (χ4v) is 2.40. The van der Waals surface area contributed by atoms with Gasteiger partial charge in [-0.15, -0.1) is 0 Å². The van der Waals surface area contributed by atoms with Crippen LogP contribution in [0.2, 0.25) is 0 Å². The summed E-state index contributed by atoms with van der Waals surface area (Å²) >= 11 is 0. The number of hydrogen-bond acceptors (Lipinski definition) is 2. The summed E-state index contributed by atoms with van der Waals surface area (Å²) in [6.45, 7) is 0. The Hall–Kier alpha value is -1.92. The first kappa shape index (κ1) is 15.5. The molecule has 1 aromatic rings. The highest BCUT2D eigenvalue weighted by molar-refractivity contribution is 5.91. The largest absolute Gasteiger partial charge is 0.506 e. The van der Waals surface area contributed by atoms with Crippen LogP contribution in [0.5, 0.6) is 5.75 Å². The third-order valence-corrected chi connectivity index (χ3v) is 3.51. The van der Waals surface area contributed by atoms with E-state index in [4.69, 9.17) is 0 Å². The number of benzene rings is 1. The molecule has 4 nitrogen and oxygen atoms in total. The number of carbonyl (C=O) groups excluding carboxylic acids is 1.